The summed E-state index contributed by atoms with van der Waals surface area (Å²) in [6.07, 6.45) is 7.26. The number of rotatable bonds is 8. The summed E-state index contributed by atoms with van der Waals surface area (Å²) in [6.45, 7) is 0. The number of hydrogen-bond donors (Lipinski definition) is 1. The van der Waals surface area contributed by atoms with Gasteiger partial charge < -0.3 is 5.32 Å². The van der Waals surface area contributed by atoms with Crippen molar-refractivity contribution in [1.29, 1.82) is 0 Å². The Labute approximate surface area is 282 Å². The van der Waals surface area contributed by atoms with Crippen LogP contribution in [0.2, 0.25) is 5.15 Å². The molecule has 8 nitrogen and oxygen atoms in total. The van der Waals surface area contributed by atoms with Crippen molar-refractivity contribution in [2.45, 2.75) is 37.0 Å². The molecule has 5 heterocycles. The van der Waals surface area contributed by atoms with E-state index in [4.69, 9.17) is 16.6 Å². The van der Waals surface area contributed by atoms with Crippen LogP contribution in [0.25, 0.3) is 20.7 Å². The second-order valence-electron chi connectivity index (χ2n) is 10.5. The summed E-state index contributed by atoms with van der Waals surface area (Å²) >= 11 is 10.5. The summed E-state index contributed by atoms with van der Waals surface area (Å²) in [5, 5.41) is 6.08. The molecule has 1 aliphatic rings. The van der Waals surface area contributed by atoms with Crippen LogP contribution in [0.15, 0.2) is 96.4 Å². The Kier molecular flexibility index (Phi) is 9.24. The fraction of sp³-hybridized carbons (Fsp3) is 0.147. The van der Waals surface area contributed by atoms with Gasteiger partial charge in [-0.25, -0.2) is 29.9 Å². The number of carbonyl (C=O) groups excluding carboxylic acids is 1. The van der Waals surface area contributed by atoms with Crippen LogP contribution < -0.4 is 5.32 Å². The van der Waals surface area contributed by atoms with Crippen molar-refractivity contribution in [2.75, 3.05) is 5.32 Å². The number of nitrogens with zero attached hydrogens (tertiary/aromatic N) is 6. The van der Waals surface area contributed by atoms with E-state index in [2.05, 4.69) is 78.8 Å². The molecule has 4 aromatic heterocycles. The number of fused-ring (bicyclic) bond motifs is 3. The zero-order valence-corrected chi connectivity index (χ0v) is 27.6. The van der Waals surface area contributed by atoms with E-state index in [1.54, 1.807) is 29.0 Å². The van der Waals surface area contributed by atoms with Gasteiger partial charge in [-0.3, -0.25) is 4.79 Å². The lowest BCUT2D eigenvalue weighted by Crippen LogP contribution is -1.96. The molecule has 1 aliphatic heterocycles. The van der Waals surface area contributed by atoms with Gasteiger partial charge in [-0.2, -0.15) is 0 Å². The summed E-state index contributed by atoms with van der Waals surface area (Å²) < 4.78 is 0. The Bertz CT molecular complexity index is 2140. The van der Waals surface area contributed by atoms with E-state index in [0.717, 1.165) is 67.0 Å². The van der Waals surface area contributed by atoms with E-state index in [1.807, 2.05) is 30.3 Å². The molecule has 8 rings (SSSR count). The number of hydrogen-bond acceptors (Lipinski definition) is 11. The molecular formula is C34H26ClN7OS3. The molecule has 0 saturated carbocycles. The van der Waals surface area contributed by atoms with Crippen molar-refractivity contribution in [2.24, 2.45) is 0 Å². The number of carbonyl (C=O) groups is 1. The van der Waals surface area contributed by atoms with Crippen LogP contribution in [0, 0.1) is 0 Å². The first kappa shape index (κ1) is 30.4. The predicted molar refractivity (Wildman–Crippen MR) is 187 cm³/mol. The minimum Gasteiger partial charge on any atom is -0.338 e. The van der Waals surface area contributed by atoms with E-state index in [0.29, 0.717) is 22.9 Å². The molecule has 0 amide bonds. The molecule has 0 spiro atoms. The van der Waals surface area contributed by atoms with Gasteiger partial charge in [0, 0.05) is 29.8 Å². The molecule has 0 saturated heterocycles. The smallest absolute Gasteiger partial charge is 0.198 e. The molecule has 3 aromatic carbocycles. The molecule has 0 radical (unpaired) electrons. The second kappa shape index (κ2) is 14.0. The highest BCUT2D eigenvalue weighted by Gasteiger charge is 2.20. The molecule has 0 bridgehead atoms. The normalized spacial score (nSPS) is 12.2. The van der Waals surface area contributed by atoms with Gasteiger partial charge in [0.1, 0.15) is 33.3 Å². The Balaban J connectivity index is 0.000000162. The maximum atomic E-state index is 11.6. The minimum atomic E-state index is 0.194. The quantitative estimate of drug-likeness (QED) is 0.159. The zero-order valence-electron chi connectivity index (χ0n) is 24.4. The summed E-state index contributed by atoms with van der Waals surface area (Å²) in [4.78, 5) is 40.5. The summed E-state index contributed by atoms with van der Waals surface area (Å²) in [6, 6.07) is 26.8. The van der Waals surface area contributed by atoms with Crippen LogP contribution in [-0.2, 0) is 36.9 Å². The molecule has 7 aromatic rings. The zero-order chi connectivity index (χ0) is 31.3. The van der Waals surface area contributed by atoms with Crippen molar-refractivity contribution in [3.8, 4) is 0 Å². The molecule has 0 unspecified atom stereocenters. The molecule has 0 fully saturated rings. The maximum Gasteiger partial charge on any atom is 0.198 e. The highest BCUT2D eigenvalue weighted by Crippen LogP contribution is 2.36. The molecular weight excluding hydrogens is 654 g/mol. The van der Waals surface area contributed by atoms with Crippen LogP contribution in [0.4, 0.5) is 11.5 Å². The number of thioether (sulfide) groups is 1. The third-order valence-corrected chi connectivity index (χ3v) is 10.6. The molecule has 228 valence electrons. The summed E-state index contributed by atoms with van der Waals surface area (Å²) in [7, 11) is 0. The van der Waals surface area contributed by atoms with Gasteiger partial charge in [0.2, 0.25) is 0 Å². The fourth-order valence-corrected chi connectivity index (χ4v) is 7.96. The lowest BCUT2D eigenvalue weighted by molar-refractivity contribution is -0.110. The Morgan fingerprint density at radius 1 is 0.696 bits per heavy atom. The Hall–Kier alpha value is -4.29. The predicted octanol–water partition coefficient (Wildman–Crippen LogP) is 8.31. The number of aryl methyl sites for hydroxylation is 4. The standard InChI is InChI=1S/C21H16N4OS2.C13H10ClN3S/c26-18-10-14-7-8-15(11-16(14)27-18)24-20-19-21(23-12-22-20)28-17(25-19)9-6-13-4-2-1-3-5-13;14-12-11-13(16-8-15-12)18-10(17-11)7-6-9-4-2-1-3-5-9/h1-5,7-8,11-12H,6,9-10H2,(H,22,23,24);1-5,8H,6-7H2. The number of halogens is 1. The molecule has 1 N–H and O–H groups in total. The third-order valence-electron chi connectivity index (χ3n) is 7.26. The fourth-order valence-electron chi connectivity index (χ4n) is 4.99. The summed E-state index contributed by atoms with van der Waals surface area (Å²) in [5.41, 5.74) is 6.11. The topological polar surface area (TPSA) is 106 Å². The highest BCUT2D eigenvalue weighted by atomic mass is 35.5. The van der Waals surface area contributed by atoms with Crippen LogP contribution in [0.1, 0.15) is 26.7 Å². The Morgan fingerprint density at radius 2 is 1.30 bits per heavy atom. The maximum absolute atomic E-state index is 11.6. The number of aromatic nitrogens is 6. The van der Waals surface area contributed by atoms with Crippen LogP contribution in [0.3, 0.4) is 0 Å². The van der Waals surface area contributed by atoms with E-state index in [9.17, 15) is 4.79 Å². The number of nitrogens with one attached hydrogen (secondary N) is 1. The monoisotopic (exact) mass is 679 g/mol. The van der Waals surface area contributed by atoms with E-state index < -0.39 is 0 Å². The van der Waals surface area contributed by atoms with Gasteiger partial charge in [-0.1, -0.05) is 113 Å². The van der Waals surface area contributed by atoms with Gasteiger partial charge in [-0.05, 0) is 41.7 Å². The SMILES string of the molecule is Clc1ncnc2sc(CCc3ccccc3)nc12.O=C1Cc2ccc(Nc3ncnc4sc(CCc5ccccc5)nc34)cc2S1. The van der Waals surface area contributed by atoms with E-state index >= 15 is 0 Å². The molecule has 46 heavy (non-hydrogen) atoms. The van der Waals surface area contributed by atoms with E-state index in [-0.39, 0.29) is 5.12 Å². The first-order valence-electron chi connectivity index (χ1n) is 14.6. The van der Waals surface area contributed by atoms with Crippen molar-refractivity contribution in [3.05, 3.63) is 123 Å². The third kappa shape index (κ3) is 7.23. The van der Waals surface area contributed by atoms with Gasteiger partial charge in [-0.15, -0.1) is 0 Å². The molecule has 0 aliphatic carbocycles. The number of anilines is 2. The average Bonchev–Trinajstić information content (AvgIpc) is 3.80. The summed E-state index contributed by atoms with van der Waals surface area (Å²) in [5.74, 6) is 0.696. The average molecular weight is 680 g/mol. The van der Waals surface area contributed by atoms with Crippen molar-refractivity contribution < 1.29 is 4.79 Å². The molecule has 12 heteroatoms. The highest BCUT2D eigenvalue weighted by molar-refractivity contribution is 8.14. The first-order valence-corrected chi connectivity index (χ1v) is 17.4. The minimum absolute atomic E-state index is 0.194. The molecule has 0 atom stereocenters. The number of thiazole rings is 2. The van der Waals surface area contributed by atoms with Gasteiger partial charge >= 0.3 is 0 Å². The van der Waals surface area contributed by atoms with Gasteiger partial charge in [0.15, 0.2) is 16.1 Å². The lowest BCUT2D eigenvalue weighted by Gasteiger charge is -2.07. The van der Waals surface area contributed by atoms with Crippen LogP contribution >= 0.6 is 46.0 Å². The van der Waals surface area contributed by atoms with Gasteiger partial charge in [0.25, 0.3) is 0 Å². The van der Waals surface area contributed by atoms with Crippen LogP contribution in [0.5, 0.6) is 0 Å². The van der Waals surface area contributed by atoms with Gasteiger partial charge in [0.05, 0.1) is 10.0 Å². The van der Waals surface area contributed by atoms with Crippen LogP contribution in [-0.4, -0.2) is 35.0 Å². The second-order valence-corrected chi connectivity index (χ2v) is 14.1. The van der Waals surface area contributed by atoms with Crippen molar-refractivity contribution >= 4 is 83.4 Å². The van der Waals surface area contributed by atoms with Crippen molar-refractivity contribution in [3.63, 3.8) is 0 Å². The largest absolute Gasteiger partial charge is 0.338 e. The first-order chi connectivity index (χ1) is 22.6. The van der Waals surface area contributed by atoms with E-state index in [1.165, 1.54) is 29.2 Å². The Morgan fingerprint density at radius 3 is 1.96 bits per heavy atom. The van der Waals surface area contributed by atoms with Crippen molar-refractivity contribution in [1.82, 2.24) is 29.9 Å². The number of benzene rings is 3. The lowest BCUT2D eigenvalue weighted by atomic mass is 10.1.